The second-order valence-electron chi connectivity index (χ2n) is 5.30. The molecule has 0 unspecified atom stereocenters. The Morgan fingerprint density at radius 2 is 1.75 bits per heavy atom. The molecule has 120 valence electrons. The fourth-order valence-electron chi connectivity index (χ4n) is 2.38. The van der Waals surface area contributed by atoms with Crippen LogP contribution in [0.3, 0.4) is 0 Å². The van der Waals surface area contributed by atoms with Gasteiger partial charge in [0.15, 0.2) is 11.5 Å². The number of benzene rings is 2. The first kappa shape index (κ1) is 15.6. The molecule has 0 aliphatic heterocycles. The number of esters is 1. The fourth-order valence-corrected chi connectivity index (χ4v) is 2.38. The van der Waals surface area contributed by atoms with Gasteiger partial charge in [-0.15, -0.1) is 0 Å². The zero-order valence-electron chi connectivity index (χ0n) is 13.1. The molecule has 0 radical (unpaired) electrons. The maximum Gasteiger partial charge on any atom is 0.364 e. The van der Waals surface area contributed by atoms with Crippen LogP contribution >= 0.6 is 0 Å². The molecule has 0 aliphatic carbocycles. The number of aromatic nitrogens is 2. The highest BCUT2D eigenvalue weighted by molar-refractivity contribution is 6.03. The second-order valence-corrected chi connectivity index (χ2v) is 5.30. The molecule has 0 spiro atoms. The molecule has 1 aromatic heterocycles. The van der Waals surface area contributed by atoms with Gasteiger partial charge in [-0.1, -0.05) is 30.3 Å². The molecule has 0 saturated heterocycles. The van der Waals surface area contributed by atoms with E-state index in [2.05, 4.69) is 5.10 Å². The molecule has 0 fully saturated rings. The van der Waals surface area contributed by atoms with E-state index in [9.17, 15) is 14.4 Å². The highest BCUT2D eigenvalue weighted by Crippen LogP contribution is 2.18. The lowest BCUT2D eigenvalue weighted by molar-refractivity contribution is 0.0727. The lowest BCUT2D eigenvalue weighted by Gasteiger charge is -2.08. The monoisotopic (exact) mass is 322 g/mol. The zero-order valence-corrected chi connectivity index (χ0v) is 13.1. The molecular formula is C18H14N2O4. The van der Waals surface area contributed by atoms with Crippen molar-refractivity contribution in [3.8, 4) is 5.75 Å². The third-order valence-electron chi connectivity index (χ3n) is 3.60. The third-order valence-corrected chi connectivity index (χ3v) is 3.60. The standard InChI is InChI=1S/C18H14N2O4/c1-11(21)12-6-5-7-13(10-12)24-18(23)16-14-8-3-4-9-15(14)17(22)20(2)19-16/h3-10H,1-2H3. The van der Waals surface area contributed by atoms with Crippen LogP contribution < -0.4 is 10.3 Å². The molecule has 2 aromatic carbocycles. The number of hydrogen-bond donors (Lipinski definition) is 0. The quantitative estimate of drug-likeness (QED) is 0.420. The van der Waals surface area contributed by atoms with Crippen LogP contribution in [0.4, 0.5) is 0 Å². The number of hydrogen-bond acceptors (Lipinski definition) is 5. The Labute approximate surface area is 137 Å². The lowest BCUT2D eigenvalue weighted by Crippen LogP contribution is -2.24. The normalized spacial score (nSPS) is 10.6. The van der Waals surface area contributed by atoms with E-state index in [0.717, 1.165) is 4.68 Å². The third kappa shape index (κ3) is 2.81. The van der Waals surface area contributed by atoms with E-state index < -0.39 is 5.97 Å². The van der Waals surface area contributed by atoms with Gasteiger partial charge in [-0.3, -0.25) is 9.59 Å². The molecule has 0 bridgehead atoms. The van der Waals surface area contributed by atoms with Crippen LogP contribution in [0.25, 0.3) is 10.8 Å². The van der Waals surface area contributed by atoms with E-state index in [1.165, 1.54) is 20.0 Å². The Morgan fingerprint density at radius 3 is 2.46 bits per heavy atom. The summed E-state index contributed by atoms with van der Waals surface area (Å²) in [4.78, 5) is 36.0. The number of carbonyl (C=O) groups excluding carboxylic acids is 2. The fraction of sp³-hybridized carbons (Fsp3) is 0.111. The predicted octanol–water partition coefficient (Wildman–Crippen LogP) is 2.36. The van der Waals surface area contributed by atoms with Gasteiger partial charge in [0.25, 0.3) is 5.56 Å². The number of ether oxygens (including phenoxy) is 1. The topological polar surface area (TPSA) is 78.3 Å². The lowest BCUT2D eigenvalue weighted by atomic mass is 10.1. The first-order valence-electron chi connectivity index (χ1n) is 7.26. The smallest absolute Gasteiger partial charge is 0.364 e. The molecule has 1 heterocycles. The van der Waals surface area contributed by atoms with E-state index in [4.69, 9.17) is 4.74 Å². The van der Waals surface area contributed by atoms with Crippen LogP contribution in [-0.4, -0.2) is 21.5 Å². The van der Waals surface area contributed by atoms with Crippen molar-refractivity contribution < 1.29 is 14.3 Å². The molecule has 3 rings (SSSR count). The summed E-state index contributed by atoms with van der Waals surface area (Å²) in [5, 5.41) is 4.83. The summed E-state index contributed by atoms with van der Waals surface area (Å²) in [6.45, 7) is 1.43. The maximum absolute atomic E-state index is 12.5. The van der Waals surface area contributed by atoms with Gasteiger partial charge in [0.05, 0.1) is 5.39 Å². The summed E-state index contributed by atoms with van der Waals surface area (Å²) in [5.41, 5.74) is 0.195. The van der Waals surface area contributed by atoms with Gasteiger partial charge >= 0.3 is 5.97 Å². The van der Waals surface area contributed by atoms with E-state index >= 15 is 0 Å². The molecule has 0 atom stereocenters. The van der Waals surface area contributed by atoms with Crippen LogP contribution in [-0.2, 0) is 7.05 Å². The van der Waals surface area contributed by atoms with Crippen molar-refractivity contribution in [1.29, 1.82) is 0 Å². The van der Waals surface area contributed by atoms with Crippen molar-refractivity contribution in [2.24, 2.45) is 7.05 Å². The molecule has 0 aliphatic rings. The van der Waals surface area contributed by atoms with Crippen LogP contribution in [0.15, 0.2) is 53.3 Å². The van der Waals surface area contributed by atoms with E-state index in [-0.39, 0.29) is 22.8 Å². The highest BCUT2D eigenvalue weighted by atomic mass is 16.5. The van der Waals surface area contributed by atoms with Crippen LogP contribution in [0, 0.1) is 0 Å². The number of fused-ring (bicyclic) bond motifs is 1. The number of aryl methyl sites for hydroxylation is 1. The first-order valence-corrected chi connectivity index (χ1v) is 7.26. The van der Waals surface area contributed by atoms with Crippen LogP contribution in [0.1, 0.15) is 27.8 Å². The first-order chi connectivity index (χ1) is 11.5. The van der Waals surface area contributed by atoms with Gasteiger partial charge in [0, 0.05) is 18.0 Å². The summed E-state index contributed by atoms with van der Waals surface area (Å²) in [7, 11) is 1.47. The number of rotatable bonds is 3. The van der Waals surface area contributed by atoms with Crippen molar-refractivity contribution in [3.05, 3.63) is 70.1 Å². The maximum atomic E-state index is 12.5. The molecule has 24 heavy (non-hydrogen) atoms. The van der Waals surface area contributed by atoms with Crippen molar-refractivity contribution in [1.82, 2.24) is 9.78 Å². The van der Waals surface area contributed by atoms with Gasteiger partial charge < -0.3 is 4.74 Å². The molecule has 6 nitrogen and oxygen atoms in total. The number of ketones is 1. The molecule has 0 N–H and O–H groups in total. The van der Waals surface area contributed by atoms with Gasteiger partial charge in [-0.2, -0.15) is 5.10 Å². The Morgan fingerprint density at radius 1 is 1.04 bits per heavy atom. The Kier molecular flexibility index (Phi) is 3.95. The summed E-state index contributed by atoms with van der Waals surface area (Å²) < 4.78 is 6.43. The van der Waals surface area contributed by atoms with Crippen molar-refractivity contribution >= 4 is 22.5 Å². The minimum Gasteiger partial charge on any atom is -0.422 e. The molecule has 6 heteroatoms. The minimum absolute atomic E-state index is 0.0425. The summed E-state index contributed by atoms with van der Waals surface area (Å²) in [6, 6.07) is 13.1. The zero-order chi connectivity index (χ0) is 17.3. The van der Waals surface area contributed by atoms with Gasteiger partial charge in [0.2, 0.25) is 0 Å². The van der Waals surface area contributed by atoms with Crippen LogP contribution in [0.2, 0.25) is 0 Å². The van der Waals surface area contributed by atoms with Gasteiger partial charge in [-0.05, 0) is 25.1 Å². The van der Waals surface area contributed by atoms with Crippen molar-refractivity contribution in [2.45, 2.75) is 6.92 Å². The Bertz CT molecular complexity index is 1020. The summed E-state index contributed by atoms with van der Waals surface area (Å²) in [6.07, 6.45) is 0. The largest absolute Gasteiger partial charge is 0.422 e. The van der Waals surface area contributed by atoms with Gasteiger partial charge in [0.1, 0.15) is 5.75 Å². The van der Waals surface area contributed by atoms with E-state index in [1.807, 2.05) is 0 Å². The van der Waals surface area contributed by atoms with Gasteiger partial charge in [-0.25, -0.2) is 9.48 Å². The Balaban J connectivity index is 2.04. The van der Waals surface area contributed by atoms with Crippen LogP contribution in [0.5, 0.6) is 5.75 Å². The van der Waals surface area contributed by atoms with Crippen molar-refractivity contribution in [2.75, 3.05) is 0 Å². The molecular weight excluding hydrogens is 308 g/mol. The number of nitrogens with zero attached hydrogens (tertiary/aromatic N) is 2. The van der Waals surface area contributed by atoms with E-state index in [0.29, 0.717) is 16.3 Å². The second kappa shape index (κ2) is 6.08. The summed E-state index contributed by atoms with van der Waals surface area (Å²) in [5.74, 6) is -0.575. The SMILES string of the molecule is CC(=O)c1cccc(OC(=O)c2nn(C)c(=O)c3ccccc23)c1. The highest BCUT2D eigenvalue weighted by Gasteiger charge is 2.18. The molecule has 0 saturated carbocycles. The predicted molar refractivity (Wildman–Crippen MR) is 88.4 cm³/mol. The molecule has 0 amide bonds. The average Bonchev–Trinajstić information content (AvgIpc) is 2.58. The number of carbonyl (C=O) groups is 2. The summed E-state index contributed by atoms with van der Waals surface area (Å²) >= 11 is 0. The average molecular weight is 322 g/mol. The number of Topliss-reactive ketones (excluding diaryl/α,β-unsaturated/α-hetero) is 1. The molecule has 3 aromatic rings. The minimum atomic E-state index is -0.692. The van der Waals surface area contributed by atoms with E-state index in [1.54, 1.807) is 42.5 Å². The van der Waals surface area contributed by atoms with Crippen molar-refractivity contribution in [3.63, 3.8) is 0 Å². The Hall–Kier alpha value is -3.28.